The number of aliphatic carboxylic acids is 1. The molecule has 2 aromatic heterocycles. The van der Waals surface area contributed by atoms with Gasteiger partial charge in [-0.1, -0.05) is 35.5 Å². The Kier molecular flexibility index (Phi) is 5.38. The molecule has 25 heavy (non-hydrogen) atoms. The molecule has 3 aromatic rings. The van der Waals surface area contributed by atoms with E-state index in [-0.39, 0.29) is 6.42 Å². The molecule has 2 N–H and O–H groups in total. The molecule has 0 saturated carbocycles. The highest BCUT2D eigenvalue weighted by atomic mass is 32.2. The van der Waals surface area contributed by atoms with E-state index in [1.807, 2.05) is 6.07 Å². The van der Waals surface area contributed by atoms with Crippen LogP contribution < -0.4 is 0 Å². The average molecular weight is 355 g/mol. The van der Waals surface area contributed by atoms with E-state index in [4.69, 9.17) is 5.11 Å². The van der Waals surface area contributed by atoms with E-state index in [2.05, 4.69) is 47.0 Å². The number of aromatic nitrogens is 3. The van der Waals surface area contributed by atoms with Crippen molar-refractivity contribution in [1.29, 1.82) is 0 Å². The van der Waals surface area contributed by atoms with Crippen molar-refractivity contribution in [2.24, 2.45) is 0 Å². The van der Waals surface area contributed by atoms with Gasteiger partial charge >= 0.3 is 5.97 Å². The molecule has 0 bridgehead atoms. The molecule has 0 saturated heterocycles. The molecule has 0 spiro atoms. The molecule has 6 heteroatoms. The normalized spacial score (nSPS) is 11.1. The second-order valence-electron chi connectivity index (χ2n) is 6.16. The number of hydrogen-bond acceptors (Lipinski definition) is 4. The highest BCUT2D eigenvalue weighted by molar-refractivity contribution is 7.99. The summed E-state index contributed by atoms with van der Waals surface area (Å²) in [7, 11) is 0. The van der Waals surface area contributed by atoms with Crippen LogP contribution in [0.5, 0.6) is 0 Å². The van der Waals surface area contributed by atoms with Gasteiger partial charge < -0.3 is 10.1 Å². The predicted molar refractivity (Wildman–Crippen MR) is 100 cm³/mol. The molecule has 0 radical (unpaired) electrons. The zero-order chi connectivity index (χ0) is 17.8. The molecule has 0 aliphatic carbocycles. The maximum Gasteiger partial charge on any atom is 0.303 e. The van der Waals surface area contributed by atoms with Crippen molar-refractivity contribution in [3.05, 3.63) is 52.7 Å². The Labute approximate surface area is 150 Å². The Bertz CT molecular complexity index is 905. The smallest absolute Gasteiger partial charge is 0.303 e. The summed E-state index contributed by atoms with van der Waals surface area (Å²) in [5.41, 5.74) is 6.68. The lowest BCUT2D eigenvalue weighted by molar-refractivity contribution is -0.137. The number of benzene rings is 1. The first-order valence-electron chi connectivity index (χ1n) is 8.27. The number of carboxylic acids is 1. The second kappa shape index (κ2) is 7.70. The molecular formula is C19H21N3O2S. The molecule has 0 aliphatic heterocycles. The third-order valence-corrected chi connectivity index (χ3v) is 5.08. The van der Waals surface area contributed by atoms with Gasteiger partial charge in [0.05, 0.1) is 5.52 Å². The fourth-order valence-corrected chi connectivity index (χ4v) is 3.55. The minimum atomic E-state index is -0.761. The Hall–Kier alpha value is -2.34. The van der Waals surface area contributed by atoms with Crippen molar-refractivity contribution in [1.82, 2.24) is 15.0 Å². The van der Waals surface area contributed by atoms with Gasteiger partial charge in [0.2, 0.25) is 0 Å². The zero-order valence-electron chi connectivity index (χ0n) is 14.4. The second-order valence-corrected chi connectivity index (χ2v) is 7.25. The first kappa shape index (κ1) is 17.5. The first-order valence-corrected chi connectivity index (χ1v) is 9.26. The van der Waals surface area contributed by atoms with Gasteiger partial charge in [-0.3, -0.25) is 4.79 Å². The molecule has 3 rings (SSSR count). The number of pyridine rings is 1. The van der Waals surface area contributed by atoms with E-state index < -0.39 is 5.97 Å². The van der Waals surface area contributed by atoms with Gasteiger partial charge in [-0.05, 0) is 49.4 Å². The number of nitrogens with one attached hydrogen (secondary N) is 1. The zero-order valence-corrected chi connectivity index (χ0v) is 15.2. The number of aryl methyl sites for hydroxylation is 2. The molecule has 130 valence electrons. The Morgan fingerprint density at radius 1 is 1.24 bits per heavy atom. The van der Waals surface area contributed by atoms with Crippen LogP contribution in [-0.2, 0) is 11.2 Å². The monoisotopic (exact) mass is 355 g/mol. The van der Waals surface area contributed by atoms with E-state index in [9.17, 15) is 4.79 Å². The number of rotatable bonds is 7. The minimum absolute atomic E-state index is 0.184. The highest BCUT2D eigenvalue weighted by Crippen LogP contribution is 2.24. The number of aromatic amines is 1. The molecule has 2 heterocycles. The van der Waals surface area contributed by atoms with Crippen molar-refractivity contribution >= 4 is 28.9 Å². The standard InChI is InChI=1S/C19H21N3O2S/c1-12-5-6-13(2)15(10-12)11-14-7-8-20-18-17(14)21-19(22-18)25-9-3-4-16(23)24/h5-8,10H,3-4,9,11H2,1-2H3,(H,23,24)(H,20,21,22). The fraction of sp³-hybridized carbons (Fsp3) is 0.316. The lowest BCUT2D eigenvalue weighted by Gasteiger charge is -2.08. The lowest BCUT2D eigenvalue weighted by Crippen LogP contribution is -1.95. The highest BCUT2D eigenvalue weighted by Gasteiger charge is 2.10. The number of fused-ring (bicyclic) bond motifs is 1. The Morgan fingerprint density at radius 2 is 2.08 bits per heavy atom. The molecule has 0 atom stereocenters. The predicted octanol–water partition coefficient (Wildman–Crippen LogP) is 4.12. The van der Waals surface area contributed by atoms with Crippen LogP contribution in [-0.4, -0.2) is 31.8 Å². The van der Waals surface area contributed by atoms with E-state index in [0.29, 0.717) is 12.1 Å². The molecule has 0 fully saturated rings. The van der Waals surface area contributed by atoms with Crippen molar-refractivity contribution in [2.75, 3.05) is 5.75 Å². The quantitative estimate of drug-likeness (QED) is 0.492. The van der Waals surface area contributed by atoms with Crippen molar-refractivity contribution < 1.29 is 9.90 Å². The molecule has 0 unspecified atom stereocenters. The topological polar surface area (TPSA) is 78.9 Å². The summed E-state index contributed by atoms with van der Waals surface area (Å²) < 4.78 is 0. The minimum Gasteiger partial charge on any atom is -0.481 e. The number of imidazole rings is 1. The van der Waals surface area contributed by atoms with Crippen LogP contribution in [0.1, 0.15) is 35.1 Å². The van der Waals surface area contributed by atoms with Crippen molar-refractivity contribution in [3.63, 3.8) is 0 Å². The summed E-state index contributed by atoms with van der Waals surface area (Å²) in [6, 6.07) is 8.53. The third-order valence-electron chi connectivity index (χ3n) is 4.12. The first-order chi connectivity index (χ1) is 12.0. The van der Waals surface area contributed by atoms with Crippen molar-refractivity contribution in [3.8, 4) is 0 Å². The molecule has 0 amide bonds. The fourth-order valence-electron chi connectivity index (χ4n) is 2.75. The molecule has 5 nitrogen and oxygen atoms in total. The van der Waals surface area contributed by atoms with Gasteiger partial charge in [0.15, 0.2) is 10.8 Å². The maximum absolute atomic E-state index is 10.6. The summed E-state index contributed by atoms with van der Waals surface area (Å²) in [5.74, 6) is -0.0407. The van der Waals surface area contributed by atoms with E-state index in [1.165, 1.54) is 34.0 Å². The Balaban J connectivity index is 1.79. The number of thioether (sulfide) groups is 1. The van der Waals surface area contributed by atoms with Gasteiger partial charge in [0.25, 0.3) is 0 Å². The van der Waals surface area contributed by atoms with Crippen LogP contribution in [0, 0.1) is 13.8 Å². The van der Waals surface area contributed by atoms with Crippen LogP contribution in [0.2, 0.25) is 0 Å². The van der Waals surface area contributed by atoms with Gasteiger partial charge in [-0.2, -0.15) is 0 Å². The molecule has 0 aliphatic rings. The number of carboxylic acid groups (broad SMARTS) is 1. The van der Waals surface area contributed by atoms with Crippen LogP contribution in [0.15, 0.2) is 35.6 Å². The van der Waals surface area contributed by atoms with Crippen LogP contribution in [0.25, 0.3) is 11.2 Å². The molecular weight excluding hydrogens is 334 g/mol. The maximum atomic E-state index is 10.6. The van der Waals surface area contributed by atoms with Crippen LogP contribution in [0.4, 0.5) is 0 Å². The summed E-state index contributed by atoms with van der Waals surface area (Å²) in [5, 5.41) is 9.49. The third kappa shape index (κ3) is 4.39. The molecule has 1 aromatic carbocycles. The largest absolute Gasteiger partial charge is 0.481 e. The lowest BCUT2D eigenvalue weighted by atomic mass is 9.99. The number of hydrogen-bond donors (Lipinski definition) is 2. The number of H-pyrrole nitrogens is 1. The van der Waals surface area contributed by atoms with Gasteiger partial charge in [0.1, 0.15) is 0 Å². The summed E-state index contributed by atoms with van der Waals surface area (Å²) in [6.07, 6.45) is 3.43. The number of nitrogens with zero attached hydrogens (tertiary/aromatic N) is 2. The average Bonchev–Trinajstić information content (AvgIpc) is 2.99. The SMILES string of the molecule is Cc1ccc(C)c(Cc2ccnc3nc(SCCCC(=O)O)[nH]c23)c1. The van der Waals surface area contributed by atoms with Gasteiger partial charge in [-0.25, -0.2) is 9.97 Å². The van der Waals surface area contributed by atoms with Crippen molar-refractivity contribution in [2.45, 2.75) is 38.3 Å². The van der Waals surface area contributed by atoms with Crippen LogP contribution in [0.3, 0.4) is 0 Å². The van der Waals surface area contributed by atoms with Gasteiger partial charge in [0, 0.05) is 18.4 Å². The number of carbonyl (C=O) groups is 1. The van der Waals surface area contributed by atoms with E-state index in [1.54, 1.807) is 6.20 Å². The van der Waals surface area contributed by atoms with E-state index >= 15 is 0 Å². The van der Waals surface area contributed by atoms with Gasteiger partial charge in [-0.15, -0.1) is 0 Å². The van der Waals surface area contributed by atoms with E-state index in [0.717, 1.165) is 22.8 Å². The summed E-state index contributed by atoms with van der Waals surface area (Å²) in [4.78, 5) is 22.8. The van der Waals surface area contributed by atoms with Crippen LogP contribution >= 0.6 is 11.8 Å². The Morgan fingerprint density at radius 3 is 2.88 bits per heavy atom. The summed E-state index contributed by atoms with van der Waals surface area (Å²) in [6.45, 7) is 4.23. The summed E-state index contributed by atoms with van der Waals surface area (Å²) >= 11 is 1.54.